The highest BCUT2D eigenvalue weighted by atomic mass is 16.5. The number of benzene rings is 2. The number of methoxy groups -OCH3 is 2. The normalized spacial score (nSPS) is 17.7. The molecule has 0 spiro atoms. The second-order valence-electron chi connectivity index (χ2n) is 6.25. The van der Waals surface area contributed by atoms with E-state index in [0.29, 0.717) is 11.4 Å². The van der Waals surface area contributed by atoms with Crippen molar-refractivity contribution in [1.82, 2.24) is 0 Å². The summed E-state index contributed by atoms with van der Waals surface area (Å²) in [4.78, 5) is 23.0. The quantitative estimate of drug-likeness (QED) is 0.741. The molecular weight excluding hydrogens is 350 g/mol. The van der Waals surface area contributed by atoms with Crippen LogP contribution in [0.15, 0.2) is 42.5 Å². The first-order valence-corrected chi connectivity index (χ1v) is 8.49. The molecule has 7 heteroatoms. The number of nitrogens with one attached hydrogen (secondary N) is 1. The van der Waals surface area contributed by atoms with E-state index in [0.717, 1.165) is 23.5 Å². The Labute approximate surface area is 156 Å². The van der Waals surface area contributed by atoms with Crippen LogP contribution in [0, 0.1) is 5.92 Å². The molecule has 1 aliphatic rings. The summed E-state index contributed by atoms with van der Waals surface area (Å²) in [6, 6.07) is 12.2. The number of carboxylic acids is 1. The van der Waals surface area contributed by atoms with Crippen LogP contribution >= 0.6 is 0 Å². The topological polar surface area (TPSA) is 94.1 Å². The Kier molecular flexibility index (Phi) is 5.49. The maximum atomic E-state index is 12.5. The fourth-order valence-electron chi connectivity index (χ4n) is 2.97. The van der Waals surface area contributed by atoms with E-state index in [9.17, 15) is 9.59 Å². The summed E-state index contributed by atoms with van der Waals surface area (Å²) >= 11 is 0. The van der Waals surface area contributed by atoms with Crippen LogP contribution in [-0.2, 0) is 9.59 Å². The van der Waals surface area contributed by atoms with E-state index in [1.165, 1.54) is 0 Å². The van der Waals surface area contributed by atoms with Gasteiger partial charge in [-0.05, 0) is 48.9 Å². The van der Waals surface area contributed by atoms with Gasteiger partial charge >= 0.3 is 5.97 Å². The van der Waals surface area contributed by atoms with Gasteiger partial charge in [-0.3, -0.25) is 4.79 Å². The molecule has 0 aromatic heterocycles. The van der Waals surface area contributed by atoms with Crippen molar-refractivity contribution in [2.75, 3.05) is 26.1 Å². The largest absolute Gasteiger partial charge is 0.497 e. The van der Waals surface area contributed by atoms with Crippen LogP contribution in [0.3, 0.4) is 0 Å². The van der Waals surface area contributed by atoms with Crippen molar-refractivity contribution in [2.45, 2.75) is 12.3 Å². The monoisotopic (exact) mass is 371 g/mol. The van der Waals surface area contributed by atoms with Crippen LogP contribution in [0.5, 0.6) is 17.2 Å². The fraction of sp³-hybridized carbons (Fsp3) is 0.300. The number of anilines is 1. The average Bonchev–Trinajstić information content (AvgIpc) is 3.47. The van der Waals surface area contributed by atoms with Crippen molar-refractivity contribution >= 4 is 17.6 Å². The molecule has 0 radical (unpaired) electrons. The van der Waals surface area contributed by atoms with Crippen molar-refractivity contribution in [3.8, 4) is 17.2 Å². The van der Waals surface area contributed by atoms with Gasteiger partial charge in [0.1, 0.15) is 17.2 Å². The molecule has 7 nitrogen and oxygen atoms in total. The number of hydrogen-bond donors (Lipinski definition) is 2. The first kappa shape index (κ1) is 18.6. The number of rotatable bonds is 8. The second kappa shape index (κ2) is 7.99. The Morgan fingerprint density at radius 2 is 1.78 bits per heavy atom. The predicted octanol–water partition coefficient (Wildman–Crippen LogP) is 2.91. The smallest absolute Gasteiger partial charge is 0.341 e. The van der Waals surface area contributed by atoms with Gasteiger partial charge in [0, 0.05) is 23.1 Å². The average molecular weight is 371 g/mol. The van der Waals surface area contributed by atoms with E-state index < -0.39 is 12.6 Å². The number of carbonyl (C=O) groups is 2. The molecule has 0 saturated heterocycles. The Morgan fingerprint density at radius 1 is 1.07 bits per heavy atom. The summed E-state index contributed by atoms with van der Waals surface area (Å²) in [5.41, 5.74) is 1.60. The number of aliphatic carboxylic acids is 1. The molecule has 2 N–H and O–H groups in total. The second-order valence-corrected chi connectivity index (χ2v) is 6.25. The number of carbonyl (C=O) groups excluding carboxylic acids is 1. The third kappa shape index (κ3) is 4.49. The molecule has 0 bridgehead atoms. The summed E-state index contributed by atoms with van der Waals surface area (Å²) in [5.74, 6) is 0.761. The molecule has 0 heterocycles. The lowest BCUT2D eigenvalue weighted by atomic mass is 10.1. The Balaban J connectivity index is 1.61. The molecule has 1 amide bonds. The molecule has 2 aromatic rings. The highest BCUT2D eigenvalue weighted by Crippen LogP contribution is 2.51. The van der Waals surface area contributed by atoms with Gasteiger partial charge in [0.05, 0.1) is 14.2 Å². The molecule has 1 fully saturated rings. The SMILES string of the molecule is COc1ccc(OC)c(C2CC2C(=O)Nc2ccc(OCC(=O)O)cc2)c1. The first-order chi connectivity index (χ1) is 13.0. The molecule has 27 heavy (non-hydrogen) atoms. The minimum absolute atomic E-state index is 0.0657. The van der Waals surface area contributed by atoms with Crippen LogP contribution in [0.2, 0.25) is 0 Å². The third-order valence-electron chi connectivity index (χ3n) is 4.45. The number of carboxylic acid groups (broad SMARTS) is 1. The van der Waals surface area contributed by atoms with Gasteiger partial charge in [0.2, 0.25) is 5.91 Å². The summed E-state index contributed by atoms with van der Waals surface area (Å²) in [7, 11) is 3.21. The molecule has 2 unspecified atom stereocenters. The number of hydrogen-bond acceptors (Lipinski definition) is 5. The summed E-state index contributed by atoms with van der Waals surface area (Å²) in [5, 5.41) is 11.5. The van der Waals surface area contributed by atoms with Crippen molar-refractivity contribution in [3.63, 3.8) is 0 Å². The van der Waals surface area contributed by atoms with Gasteiger partial charge in [0.15, 0.2) is 6.61 Å². The zero-order chi connectivity index (χ0) is 19.4. The minimum Gasteiger partial charge on any atom is -0.497 e. The zero-order valence-corrected chi connectivity index (χ0v) is 15.1. The van der Waals surface area contributed by atoms with Gasteiger partial charge in [-0.25, -0.2) is 4.79 Å². The van der Waals surface area contributed by atoms with E-state index in [1.54, 1.807) is 38.5 Å². The van der Waals surface area contributed by atoms with Crippen molar-refractivity contribution < 1.29 is 28.9 Å². The van der Waals surface area contributed by atoms with E-state index in [1.807, 2.05) is 18.2 Å². The summed E-state index contributed by atoms with van der Waals surface area (Å²) in [6.45, 7) is -0.405. The van der Waals surface area contributed by atoms with E-state index in [4.69, 9.17) is 19.3 Å². The molecular formula is C20H21NO6. The first-order valence-electron chi connectivity index (χ1n) is 8.49. The van der Waals surface area contributed by atoms with Gasteiger partial charge in [-0.2, -0.15) is 0 Å². The summed E-state index contributed by atoms with van der Waals surface area (Å²) in [6.07, 6.45) is 0.745. The molecule has 1 aliphatic carbocycles. The Morgan fingerprint density at radius 3 is 2.41 bits per heavy atom. The molecule has 1 saturated carbocycles. The van der Waals surface area contributed by atoms with Crippen LogP contribution in [0.4, 0.5) is 5.69 Å². The van der Waals surface area contributed by atoms with Gasteiger partial charge in [0.25, 0.3) is 0 Å². The predicted molar refractivity (Wildman–Crippen MR) is 98.6 cm³/mol. The van der Waals surface area contributed by atoms with E-state index in [-0.39, 0.29) is 17.7 Å². The number of amides is 1. The molecule has 142 valence electrons. The minimum atomic E-state index is -1.04. The fourth-order valence-corrected chi connectivity index (χ4v) is 2.97. The van der Waals surface area contributed by atoms with Crippen LogP contribution in [-0.4, -0.2) is 37.8 Å². The van der Waals surface area contributed by atoms with Crippen molar-refractivity contribution in [1.29, 1.82) is 0 Å². The lowest BCUT2D eigenvalue weighted by Gasteiger charge is -2.11. The standard InChI is InChI=1S/C20H21NO6/c1-25-14-7-8-18(26-2)16(9-14)15-10-17(15)20(24)21-12-3-5-13(6-4-12)27-11-19(22)23/h3-9,15,17H,10-11H2,1-2H3,(H,21,24)(H,22,23). The highest BCUT2D eigenvalue weighted by molar-refractivity contribution is 5.95. The molecule has 2 aromatic carbocycles. The van der Waals surface area contributed by atoms with Crippen LogP contribution in [0.25, 0.3) is 0 Å². The Hall–Kier alpha value is -3.22. The van der Waals surface area contributed by atoms with Gasteiger partial charge < -0.3 is 24.6 Å². The lowest BCUT2D eigenvalue weighted by Crippen LogP contribution is -2.14. The maximum Gasteiger partial charge on any atom is 0.341 e. The van der Waals surface area contributed by atoms with E-state index in [2.05, 4.69) is 5.32 Å². The molecule has 2 atom stereocenters. The lowest BCUT2D eigenvalue weighted by molar-refractivity contribution is -0.139. The molecule has 3 rings (SSSR count). The maximum absolute atomic E-state index is 12.5. The number of ether oxygens (including phenoxy) is 3. The van der Waals surface area contributed by atoms with Crippen LogP contribution < -0.4 is 19.5 Å². The Bertz CT molecular complexity index is 833. The molecule has 0 aliphatic heterocycles. The van der Waals surface area contributed by atoms with Crippen LogP contribution in [0.1, 0.15) is 17.9 Å². The highest BCUT2D eigenvalue weighted by Gasteiger charge is 2.45. The van der Waals surface area contributed by atoms with Crippen molar-refractivity contribution in [2.24, 2.45) is 5.92 Å². The van der Waals surface area contributed by atoms with Gasteiger partial charge in [-0.1, -0.05) is 0 Å². The van der Waals surface area contributed by atoms with E-state index >= 15 is 0 Å². The van der Waals surface area contributed by atoms with Gasteiger partial charge in [-0.15, -0.1) is 0 Å². The third-order valence-corrected chi connectivity index (χ3v) is 4.45. The van der Waals surface area contributed by atoms with Crippen molar-refractivity contribution in [3.05, 3.63) is 48.0 Å². The zero-order valence-electron chi connectivity index (χ0n) is 15.1. The summed E-state index contributed by atoms with van der Waals surface area (Å²) < 4.78 is 15.7.